The van der Waals surface area contributed by atoms with Gasteiger partial charge < -0.3 is 25.0 Å². The van der Waals surface area contributed by atoms with Crippen molar-refractivity contribution in [3.8, 4) is 11.5 Å². The van der Waals surface area contributed by atoms with E-state index in [0.29, 0.717) is 23.3 Å². The summed E-state index contributed by atoms with van der Waals surface area (Å²) in [6.07, 6.45) is 0. The maximum absolute atomic E-state index is 6.12. The summed E-state index contributed by atoms with van der Waals surface area (Å²) in [6, 6.07) is 3.66. The molecule has 2 N–H and O–H groups in total. The number of aromatic nitrogens is 2. The van der Waals surface area contributed by atoms with Crippen LogP contribution in [0.1, 0.15) is 0 Å². The zero-order chi connectivity index (χ0) is 21.1. The van der Waals surface area contributed by atoms with Gasteiger partial charge in [-0.1, -0.05) is 0 Å². The summed E-state index contributed by atoms with van der Waals surface area (Å²) in [5.41, 5.74) is 6.88. The minimum absolute atomic E-state index is 0. The molecule has 174 valence electrons. The molecule has 0 radical (unpaired) electrons. The van der Waals surface area contributed by atoms with Crippen LogP contribution in [-0.2, 0) is 0 Å². The van der Waals surface area contributed by atoms with E-state index in [9.17, 15) is 0 Å². The molecular formula is C15H23Cl7N5O2P. The predicted octanol–water partition coefficient (Wildman–Crippen LogP) is 6.13. The molecule has 1 aliphatic heterocycles. The number of halogens is 7. The van der Waals surface area contributed by atoms with Gasteiger partial charge in [0.25, 0.3) is 0 Å². The van der Waals surface area contributed by atoms with E-state index in [0.717, 1.165) is 37.1 Å². The number of hydrogen-bond donors (Lipinski definition) is 1. The number of methoxy groups -OCH3 is 2. The van der Waals surface area contributed by atoms with Crippen LogP contribution in [0.25, 0.3) is 10.9 Å². The van der Waals surface area contributed by atoms with Crippen molar-refractivity contribution in [1.82, 2.24) is 14.9 Å². The van der Waals surface area contributed by atoms with Gasteiger partial charge in [0.1, 0.15) is 5.82 Å². The normalized spacial score (nSPS) is 15.6. The third-order valence-electron chi connectivity index (χ3n) is 4.00. The Morgan fingerprint density at radius 2 is 1.37 bits per heavy atom. The average Bonchev–Trinajstić information content (AvgIpc) is 2.59. The van der Waals surface area contributed by atoms with E-state index in [1.54, 1.807) is 14.2 Å². The number of piperazine rings is 1. The molecule has 1 aromatic heterocycles. The fraction of sp³-hybridized carbons (Fsp3) is 0.467. The molecule has 2 heterocycles. The Bertz CT molecular complexity index is 829. The van der Waals surface area contributed by atoms with Crippen LogP contribution in [0.15, 0.2) is 12.1 Å². The second-order valence-electron chi connectivity index (χ2n) is 6.06. The van der Waals surface area contributed by atoms with Gasteiger partial charge in [-0.15, -0.1) is 24.8 Å². The molecular weight excluding hydrogens is 561 g/mol. The van der Waals surface area contributed by atoms with Crippen LogP contribution in [0.4, 0.5) is 11.8 Å². The molecule has 0 atom stereocenters. The van der Waals surface area contributed by atoms with Crippen LogP contribution in [0.2, 0.25) is 0 Å². The molecule has 1 aliphatic rings. The van der Waals surface area contributed by atoms with Crippen LogP contribution in [0.5, 0.6) is 11.5 Å². The van der Waals surface area contributed by atoms with Gasteiger partial charge in [-0.3, -0.25) is 0 Å². The summed E-state index contributed by atoms with van der Waals surface area (Å²) in [5, 5.41) is 0.774. The molecule has 0 aliphatic carbocycles. The first-order valence-electron chi connectivity index (χ1n) is 8.09. The Labute approximate surface area is 212 Å². The van der Waals surface area contributed by atoms with Crippen molar-refractivity contribution in [2.75, 3.05) is 58.1 Å². The van der Waals surface area contributed by atoms with Gasteiger partial charge in [-0.05, 0) is 13.1 Å². The molecule has 7 nitrogen and oxygen atoms in total. The Balaban J connectivity index is 0.000000930. The number of nitrogens with zero attached hydrogens (tertiary/aromatic N) is 4. The Kier molecular flexibility index (Phi) is 11.9. The third-order valence-corrected chi connectivity index (χ3v) is 4.00. The number of nitrogens with two attached hydrogens (primary N) is 1. The van der Waals surface area contributed by atoms with Crippen LogP contribution in [-0.4, -0.2) is 62.3 Å². The summed E-state index contributed by atoms with van der Waals surface area (Å²) in [4.78, 5) is 13.6. The first-order valence-corrected chi connectivity index (χ1v) is 14.9. The maximum atomic E-state index is 6.12. The number of ether oxygens (including phenoxy) is 2. The van der Waals surface area contributed by atoms with Crippen LogP contribution < -0.4 is 20.1 Å². The first kappa shape index (κ1) is 30.2. The number of fused-ring (bicyclic) bond motifs is 1. The fourth-order valence-electron chi connectivity index (χ4n) is 2.61. The summed E-state index contributed by atoms with van der Waals surface area (Å²) >= 11 is 24.9. The van der Waals surface area contributed by atoms with Gasteiger partial charge in [0, 0.05) is 37.6 Å². The number of hydrogen-bond acceptors (Lipinski definition) is 7. The Hall–Kier alpha value is 0.180. The van der Waals surface area contributed by atoms with E-state index in [4.69, 9.17) is 71.4 Å². The van der Waals surface area contributed by atoms with Crippen molar-refractivity contribution in [2.45, 2.75) is 0 Å². The number of rotatable bonds is 3. The van der Waals surface area contributed by atoms with Gasteiger partial charge in [0.05, 0.1) is 19.7 Å². The van der Waals surface area contributed by atoms with Gasteiger partial charge in [0.15, 0.2) is 11.5 Å². The van der Waals surface area contributed by atoms with E-state index in [1.807, 2.05) is 12.1 Å². The molecule has 0 unspecified atom stereocenters. The van der Waals surface area contributed by atoms with Crippen molar-refractivity contribution >= 4 is 107 Å². The van der Waals surface area contributed by atoms with Gasteiger partial charge in [-0.25, -0.2) is 4.98 Å². The summed E-state index contributed by atoms with van der Waals surface area (Å²) in [6.45, 7) is 3.78. The Morgan fingerprint density at radius 1 is 0.900 bits per heavy atom. The van der Waals surface area contributed by atoms with Crippen LogP contribution >= 0.6 is 84.4 Å². The molecule has 0 bridgehead atoms. The van der Waals surface area contributed by atoms with Gasteiger partial charge >= 0.3 is 59.6 Å². The first-order chi connectivity index (χ1) is 12.9. The average molecular weight is 585 g/mol. The van der Waals surface area contributed by atoms with E-state index in [-0.39, 0.29) is 24.8 Å². The van der Waals surface area contributed by atoms with E-state index >= 15 is 0 Å². The minimum atomic E-state index is -3.69. The predicted molar refractivity (Wildman–Crippen MR) is 137 cm³/mol. The summed E-state index contributed by atoms with van der Waals surface area (Å²) in [5.74, 6) is 2.39. The van der Waals surface area contributed by atoms with Crippen LogP contribution in [0.3, 0.4) is 0 Å². The standard InChI is InChI=1S/C15H21N5O2.Cl5P.2ClH/c1-19-4-6-20(7-5-19)15-17-11-9-13(22-3)12(21-2)8-10(11)14(16)18-15;1-6(2,3,4)5;;/h8-9H,4-7H2,1-3H3,(H2,16,17,18);;2*1H. The van der Waals surface area contributed by atoms with Crippen LogP contribution in [0, 0.1) is 0 Å². The van der Waals surface area contributed by atoms with Crippen molar-refractivity contribution < 1.29 is 9.47 Å². The quantitative estimate of drug-likeness (QED) is 0.435. The SMILES string of the molecule is COc1cc2nc(N3CCN(C)CC3)nc(N)c2cc1OC.Cl.Cl.ClP(Cl)(Cl)(Cl)Cl. The summed E-state index contributed by atoms with van der Waals surface area (Å²) < 4.78 is 6.95. The van der Waals surface area contributed by atoms with Gasteiger partial charge in [-0.2, -0.15) is 4.98 Å². The van der Waals surface area contributed by atoms with Crippen molar-refractivity contribution in [1.29, 1.82) is 0 Å². The number of nitrogen functional groups attached to an aromatic ring is 1. The molecule has 0 spiro atoms. The number of benzene rings is 1. The third kappa shape index (κ3) is 9.76. The molecule has 0 saturated carbocycles. The number of anilines is 2. The van der Waals surface area contributed by atoms with E-state index < -0.39 is 3.37 Å². The van der Waals surface area contributed by atoms with Crippen molar-refractivity contribution in [3.63, 3.8) is 0 Å². The zero-order valence-corrected chi connectivity index (χ0v) is 22.6. The molecule has 0 amide bonds. The second-order valence-corrected chi connectivity index (χ2v) is 22.7. The molecule has 30 heavy (non-hydrogen) atoms. The molecule has 1 saturated heterocycles. The number of likely N-dealkylation sites (N-methyl/N-ethyl adjacent to an activating group) is 1. The van der Waals surface area contributed by atoms with Crippen molar-refractivity contribution in [2.24, 2.45) is 0 Å². The van der Waals surface area contributed by atoms with E-state index in [2.05, 4.69) is 26.8 Å². The van der Waals surface area contributed by atoms with Gasteiger partial charge in [0.2, 0.25) is 5.95 Å². The molecule has 15 heteroatoms. The fourth-order valence-corrected chi connectivity index (χ4v) is 2.61. The zero-order valence-electron chi connectivity index (χ0n) is 16.3. The summed E-state index contributed by atoms with van der Waals surface area (Å²) in [7, 11) is 5.32. The molecule has 1 aromatic carbocycles. The van der Waals surface area contributed by atoms with Crippen molar-refractivity contribution in [3.05, 3.63) is 12.1 Å². The molecule has 1 fully saturated rings. The van der Waals surface area contributed by atoms with E-state index in [1.165, 1.54) is 0 Å². The molecule has 2 aromatic rings. The Morgan fingerprint density at radius 3 is 1.83 bits per heavy atom. The molecule has 3 rings (SSSR count). The monoisotopic (exact) mass is 581 g/mol. The second kappa shape index (κ2) is 11.9. The topological polar surface area (TPSA) is 76.7 Å².